The number of piperidine rings is 1. The zero-order valence-corrected chi connectivity index (χ0v) is 14.9. The molecule has 1 unspecified atom stereocenters. The smallest absolute Gasteiger partial charge is 0.306 e. The highest BCUT2D eigenvalue weighted by molar-refractivity contribution is 5.70. The van der Waals surface area contributed by atoms with Gasteiger partial charge in [-0.05, 0) is 58.3 Å². The Morgan fingerprint density at radius 1 is 1.29 bits per heavy atom. The molecule has 3 atom stereocenters. The second-order valence-corrected chi connectivity index (χ2v) is 8.05. The Morgan fingerprint density at radius 2 is 1.92 bits per heavy atom. The van der Waals surface area contributed by atoms with Crippen LogP contribution < -0.4 is 4.90 Å². The number of aryl methyl sites for hydroxylation is 1. The molecule has 1 aliphatic carbocycles. The number of rotatable bonds is 3. The van der Waals surface area contributed by atoms with Crippen molar-refractivity contribution in [2.24, 2.45) is 17.8 Å². The Kier molecular flexibility index (Phi) is 4.49. The quantitative estimate of drug-likeness (QED) is 0.795. The third-order valence-electron chi connectivity index (χ3n) is 5.10. The minimum Gasteiger partial charge on any atom is -0.460 e. The van der Waals surface area contributed by atoms with Crippen molar-refractivity contribution in [3.05, 3.63) is 17.8 Å². The van der Waals surface area contributed by atoms with Crippen LogP contribution >= 0.6 is 0 Å². The van der Waals surface area contributed by atoms with Gasteiger partial charge in [-0.25, -0.2) is 14.4 Å². The van der Waals surface area contributed by atoms with Gasteiger partial charge in [0.1, 0.15) is 11.9 Å². The predicted octanol–water partition coefficient (Wildman–Crippen LogP) is 3.12. The lowest BCUT2D eigenvalue weighted by atomic mass is 9.82. The van der Waals surface area contributed by atoms with E-state index in [1.807, 2.05) is 25.7 Å². The Morgan fingerprint density at radius 3 is 2.50 bits per heavy atom. The summed E-state index contributed by atoms with van der Waals surface area (Å²) in [5.41, 5.74) is -0.0680. The second kappa shape index (κ2) is 6.30. The Balaban J connectivity index is 1.68. The van der Waals surface area contributed by atoms with Gasteiger partial charge < -0.3 is 9.64 Å². The molecule has 132 valence electrons. The van der Waals surface area contributed by atoms with Crippen LogP contribution in [0.2, 0.25) is 0 Å². The summed E-state index contributed by atoms with van der Waals surface area (Å²) in [5.74, 6) is 1.07. The summed E-state index contributed by atoms with van der Waals surface area (Å²) >= 11 is 0. The SMILES string of the molecule is Cc1ncnc(N2C[C@H]3CC[C@@H](C2)C3CC(=O)OC(C)(C)C)c1F. The average Bonchev–Trinajstić information content (AvgIpc) is 2.70. The molecule has 2 bridgehead atoms. The summed E-state index contributed by atoms with van der Waals surface area (Å²) in [6.07, 6.45) is 4.05. The van der Waals surface area contributed by atoms with Crippen LogP contribution in [0.25, 0.3) is 0 Å². The second-order valence-electron chi connectivity index (χ2n) is 8.05. The van der Waals surface area contributed by atoms with Gasteiger partial charge in [-0.3, -0.25) is 4.79 Å². The molecule has 24 heavy (non-hydrogen) atoms. The van der Waals surface area contributed by atoms with Crippen LogP contribution in [0, 0.1) is 30.5 Å². The van der Waals surface area contributed by atoms with Crippen molar-refractivity contribution in [2.45, 2.75) is 52.6 Å². The highest BCUT2D eigenvalue weighted by atomic mass is 19.1. The van der Waals surface area contributed by atoms with Crippen molar-refractivity contribution < 1.29 is 13.9 Å². The molecule has 2 aliphatic rings. The van der Waals surface area contributed by atoms with Crippen LogP contribution in [0.3, 0.4) is 0 Å². The fraction of sp³-hybridized carbons (Fsp3) is 0.722. The van der Waals surface area contributed by atoms with Gasteiger partial charge in [-0.15, -0.1) is 0 Å². The summed E-state index contributed by atoms with van der Waals surface area (Å²) in [7, 11) is 0. The number of ether oxygens (including phenoxy) is 1. The molecule has 6 heteroatoms. The van der Waals surface area contributed by atoms with Crippen LogP contribution in [0.1, 0.15) is 45.7 Å². The largest absolute Gasteiger partial charge is 0.460 e. The van der Waals surface area contributed by atoms with E-state index in [-0.39, 0.29) is 11.8 Å². The van der Waals surface area contributed by atoms with E-state index in [1.165, 1.54) is 6.33 Å². The number of hydrogen-bond donors (Lipinski definition) is 0. The van der Waals surface area contributed by atoms with E-state index >= 15 is 0 Å². The molecule has 0 aromatic carbocycles. The van der Waals surface area contributed by atoms with Gasteiger partial charge in [0.15, 0.2) is 11.6 Å². The van der Waals surface area contributed by atoms with E-state index in [9.17, 15) is 9.18 Å². The van der Waals surface area contributed by atoms with Crippen molar-refractivity contribution in [3.63, 3.8) is 0 Å². The lowest BCUT2D eigenvalue weighted by molar-refractivity contribution is -0.156. The molecule has 2 heterocycles. The van der Waals surface area contributed by atoms with E-state index in [0.717, 1.165) is 25.9 Å². The van der Waals surface area contributed by atoms with Crippen molar-refractivity contribution in [1.29, 1.82) is 0 Å². The number of aromatic nitrogens is 2. The van der Waals surface area contributed by atoms with Crippen LogP contribution in [0.4, 0.5) is 10.2 Å². The molecule has 1 aromatic heterocycles. The maximum Gasteiger partial charge on any atom is 0.306 e. The first-order valence-corrected chi connectivity index (χ1v) is 8.68. The molecule has 3 rings (SSSR count). The summed E-state index contributed by atoms with van der Waals surface area (Å²) < 4.78 is 19.8. The first-order chi connectivity index (χ1) is 11.2. The molecular formula is C18H26FN3O2. The number of hydrogen-bond acceptors (Lipinski definition) is 5. The first-order valence-electron chi connectivity index (χ1n) is 8.68. The van der Waals surface area contributed by atoms with Gasteiger partial charge >= 0.3 is 5.97 Å². The van der Waals surface area contributed by atoms with Gasteiger partial charge in [0, 0.05) is 19.5 Å². The van der Waals surface area contributed by atoms with Gasteiger partial charge in [-0.2, -0.15) is 0 Å². The van der Waals surface area contributed by atoms with Crippen molar-refractivity contribution in [3.8, 4) is 0 Å². The van der Waals surface area contributed by atoms with Gasteiger partial charge in [0.25, 0.3) is 0 Å². The number of nitrogens with zero attached hydrogens (tertiary/aromatic N) is 3. The first kappa shape index (κ1) is 17.1. The summed E-state index contributed by atoms with van der Waals surface area (Å²) in [6, 6.07) is 0. The number of carbonyl (C=O) groups is 1. The lowest BCUT2D eigenvalue weighted by Gasteiger charge is -2.38. The van der Waals surface area contributed by atoms with Gasteiger partial charge in [0.05, 0.1) is 5.69 Å². The summed E-state index contributed by atoms with van der Waals surface area (Å²) in [5, 5.41) is 0. The topological polar surface area (TPSA) is 55.3 Å². The lowest BCUT2D eigenvalue weighted by Crippen LogP contribution is -2.44. The van der Waals surface area contributed by atoms with E-state index in [2.05, 4.69) is 9.97 Å². The van der Waals surface area contributed by atoms with E-state index in [4.69, 9.17) is 4.74 Å². The molecule has 2 fully saturated rings. The number of fused-ring (bicyclic) bond motifs is 2. The van der Waals surface area contributed by atoms with Crippen LogP contribution in [0.15, 0.2) is 6.33 Å². The Bertz CT molecular complexity index is 615. The number of halogens is 1. The molecule has 1 saturated heterocycles. The zero-order valence-electron chi connectivity index (χ0n) is 14.9. The van der Waals surface area contributed by atoms with Crippen LogP contribution in [-0.4, -0.2) is 34.6 Å². The summed E-state index contributed by atoms with van der Waals surface area (Å²) in [4.78, 5) is 22.2. The number of carbonyl (C=O) groups excluding carboxylic acids is 1. The predicted molar refractivity (Wildman–Crippen MR) is 89.1 cm³/mol. The molecule has 1 aromatic rings. The average molecular weight is 335 g/mol. The highest BCUT2D eigenvalue weighted by Crippen LogP contribution is 2.45. The normalized spacial score (nSPS) is 26.5. The van der Waals surface area contributed by atoms with Crippen molar-refractivity contribution in [1.82, 2.24) is 9.97 Å². The fourth-order valence-corrected chi connectivity index (χ4v) is 4.08. The molecule has 0 spiro atoms. The molecule has 0 radical (unpaired) electrons. The minimum atomic E-state index is -0.446. The Hall–Kier alpha value is -1.72. The van der Waals surface area contributed by atoms with Crippen molar-refractivity contribution in [2.75, 3.05) is 18.0 Å². The third kappa shape index (κ3) is 3.52. The van der Waals surface area contributed by atoms with Gasteiger partial charge in [0.2, 0.25) is 0 Å². The molecular weight excluding hydrogens is 309 g/mol. The summed E-state index contributed by atoms with van der Waals surface area (Å²) in [6.45, 7) is 8.83. The van der Waals surface area contributed by atoms with Crippen LogP contribution in [0.5, 0.6) is 0 Å². The van der Waals surface area contributed by atoms with E-state index < -0.39 is 5.60 Å². The van der Waals surface area contributed by atoms with Crippen LogP contribution in [-0.2, 0) is 9.53 Å². The third-order valence-corrected chi connectivity index (χ3v) is 5.10. The molecule has 1 saturated carbocycles. The number of esters is 1. The molecule has 1 aliphatic heterocycles. The molecule has 0 N–H and O–H groups in total. The van der Waals surface area contributed by atoms with Gasteiger partial charge in [-0.1, -0.05) is 0 Å². The highest BCUT2D eigenvalue weighted by Gasteiger charge is 2.44. The standard InChI is InChI=1S/C18H26FN3O2/c1-11-16(19)17(21-10-20-11)22-8-12-5-6-13(9-22)14(12)7-15(23)24-18(2,3)4/h10,12-14H,5-9H2,1-4H3/t12-,13+,14?. The Labute approximate surface area is 142 Å². The van der Waals surface area contributed by atoms with E-state index in [1.54, 1.807) is 6.92 Å². The monoisotopic (exact) mass is 335 g/mol. The van der Waals surface area contributed by atoms with E-state index in [0.29, 0.717) is 35.7 Å². The fourth-order valence-electron chi connectivity index (χ4n) is 4.08. The maximum absolute atomic E-state index is 14.3. The maximum atomic E-state index is 14.3. The minimum absolute atomic E-state index is 0.123. The molecule has 5 nitrogen and oxygen atoms in total. The molecule has 0 amide bonds. The number of anilines is 1. The zero-order chi connectivity index (χ0) is 17.5. The van der Waals surface area contributed by atoms with Crippen molar-refractivity contribution >= 4 is 11.8 Å².